The fraction of sp³-hybridized carbons (Fsp3) is 0.385. The molecule has 1 aromatic carbocycles. The Hall–Kier alpha value is -1.76. The standard InChI is InChI=1S/C13H15N3O6S3/c1-25(19,20)22-14-12(10-2-4-11(5-3-10)16(17)18)24-13(23)15-6-8-21-9-7-15/h2-5H,6-9H2,1H3/b14-12-. The van der Waals surface area contributed by atoms with Gasteiger partial charge in [0, 0.05) is 30.8 Å². The minimum absolute atomic E-state index is 0.0899. The zero-order valence-electron chi connectivity index (χ0n) is 13.2. The molecule has 2 rings (SSSR count). The van der Waals surface area contributed by atoms with Crippen LogP contribution < -0.4 is 0 Å². The Kier molecular flexibility index (Phi) is 6.70. The number of non-ortho nitro benzene ring substituents is 1. The number of thioether (sulfide) groups is 1. The number of oxime groups is 1. The van der Waals surface area contributed by atoms with E-state index in [1.807, 2.05) is 4.90 Å². The van der Waals surface area contributed by atoms with Crippen LogP contribution in [0.1, 0.15) is 5.56 Å². The Balaban J connectivity index is 2.23. The predicted molar refractivity (Wildman–Crippen MR) is 98.1 cm³/mol. The van der Waals surface area contributed by atoms with Crippen molar-refractivity contribution in [2.45, 2.75) is 0 Å². The maximum Gasteiger partial charge on any atom is 0.325 e. The lowest BCUT2D eigenvalue weighted by atomic mass is 10.2. The quantitative estimate of drug-likeness (QED) is 0.242. The number of nitro benzene ring substituents is 1. The van der Waals surface area contributed by atoms with Gasteiger partial charge in [-0.15, -0.1) is 0 Å². The van der Waals surface area contributed by atoms with Crippen molar-refractivity contribution in [1.29, 1.82) is 0 Å². The summed E-state index contributed by atoms with van der Waals surface area (Å²) < 4.78 is 32.7. The van der Waals surface area contributed by atoms with Gasteiger partial charge in [0.25, 0.3) is 5.69 Å². The van der Waals surface area contributed by atoms with Crippen LogP contribution in [0.15, 0.2) is 29.4 Å². The van der Waals surface area contributed by atoms with Gasteiger partial charge in [-0.1, -0.05) is 17.4 Å². The minimum Gasteiger partial charge on any atom is -0.378 e. The maximum absolute atomic E-state index is 11.2. The van der Waals surface area contributed by atoms with Gasteiger partial charge in [-0.2, -0.15) is 8.42 Å². The first-order valence-corrected chi connectivity index (χ1v) is 10.1. The highest BCUT2D eigenvalue weighted by Gasteiger charge is 2.19. The van der Waals surface area contributed by atoms with Gasteiger partial charge in [-0.25, -0.2) is 0 Å². The van der Waals surface area contributed by atoms with E-state index in [4.69, 9.17) is 17.0 Å². The molecule has 1 heterocycles. The van der Waals surface area contributed by atoms with Crippen molar-refractivity contribution in [3.63, 3.8) is 0 Å². The number of ether oxygens (including phenoxy) is 1. The molecular weight excluding hydrogens is 390 g/mol. The topological polar surface area (TPSA) is 111 Å². The Bertz CT molecular complexity index is 773. The van der Waals surface area contributed by atoms with Crippen LogP contribution in [0.3, 0.4) is 0 Å². The summed E-state index contributed by atoms with van der Waals surface area (Å²) >= 11 is 6.42. The van der Waals surface area contributed by atoms with Gasteiger partial charge in [0.05, 0.1) is 24.4 Å². The number of hydrogen-bond donors (Lipinski definition) is 0. The molecule has 25 heavy (non-hydrogen) atoms. The SMILES string of the molecule is CS(=O)(=O)O/N=C(\SC(=S)N1CCOCC1)c1ccc([N+](=O)[O-])cc1. The second kappa shape index (κ2) is 8.56. The number of nitro groups is 1. The third-order valence-electron chi connectivity index (χ3n) is 3.03. The van der Waals surface area contributed by atoms with Gasteiger partial charge in [0.2, 0.25) is 0 Å². The van der Waals surface area contributed by atoms with Gasteiger partial charge in [0.15, 0.2) is 5.04 Å². The molecule has 0 aliphatic carbocycles. The highest BCUT2D eigenvalue weighted by Crippen LogP contribution is 2.22. The van der Waals surface area contributed by atoms with Gasteiger partial charge in [0.1, 0.15) is 4.32 Å². The van der Waals surface area contributed by atoms with Crippen LogP contribution >= 0.6 is 24.0 Å². The van der Waals surface area contributed by atoms with Crippen molar-refractivity contribution in [2.75, 3.05) is 32.6 Å². The molecule has 1 aliphatic rings. The lowest BCUT2D eigenvalue weighted by Gasteiger charge is -2.28. The Morgan fingerprint density at radius 1 is 1.36 bits per heavy atom. The van der Waals surface area contributed by atoms with E-state index in [9.17, 15) is 18.5 Å². The molecule has 0 N–H and O–H groups in total. The number of morpholine rings is 1. The molecule has 0 radical (unpaired) electrons. The van der Waals surface area contributed by atoms with E-state index in [0.717, 1.165) is 18.0 Å². The normalized spacial score (nSPS) is 15.7. The van der Waals surface area contributed by atoms with Crippen molar-refractivity contribution >= 4 is 49.1 Å². The molecule has 0 unspecified atom stereocenters. The van der Waals surface area contributed by atoms with Crippen molar-refractivity contribution < 1.29 is 22.4 Å². The van der Waals surface area contributed by atoms with E-state index in [-0.39, 0.29) is 10.7 Å². The summed E-state index contributed by atoms with van der Waals surface area (Å²) in [6.45, 7) is 2.33. The summed E-state index contributed by atoms with van der Waals surface area (Å²) in [4.78, 5) is 12.1. The third-order valence-corrected chi connectivity index (χ3v) is 4.82. The van der Waals surface area contributed by atoms with Crippen molar-refractivity contribution in [1.82, 2.24) is 4.90 Å². The van der Waals surface area contributed by atoms with Crippen LogP contribution in [-0.2, 0) is 19.1 Å². The fourth-order valence-corrected chi connectivity index (χ4v) is 3.33. The summed E-state index contributed by atoms with van der Waals surface area (Å²) in [7, 11) is -3.80. The van der Waals surface area contributed by atoms with Gasteiger partial charge in [-0.05, 0) is 23.9 Å². The lowest BCUT2D eigenvalue weighted by molar-refractivity contribution is -0.384. The molecule has 1 fully saturated rings. The number of hydrogen-bond acceptors (Lipinski definition) is 9. The molecular formula is C13H15N3O6S3. The first kappa shape index (κ1) is 19.6. The molecule has 9 nitrogen and oxygen atoms in total. The first-order valence-electron chi connectivity index (χ1n) is 7.02. The Morgan fingerprint density at radius 3 is 2.48 bits per heavy atom. The molecule has 1 aliphatic heterocycles. The number of rotatable bonds is 4. The van der Waals surface area contributed by atoms with Crippen LogP contribution in [0, 0.1) is 10.1 Å². The van der Waals surface area contributed by atoms with Crippen LogP contribution in [-0.4, -0.2) is 60.2 Å². The van der Waals surface area contributed by atoms with E-state index >= 15 is 0 Å². The van der Waals surface area contributed by atoms with E-state index < -0.39 is 15.0 Å². The second-order valence-corrected chi connectivity index (χ2v) is 8.13. The molecule has 12 heteroatoms. The van der Waals surface area contributed by atoms with Crippen LogP contribution in [0.25, 0.3) is 0 Å². The molecule has 0 bridgehead atoms. The molecule has 0 aromatic heterocycles. The molecule has 0 spiro atoms. The maximum atomic E-state index is 11.2. The van der Waals surface area contributed by atoms with E-state index in [0.29, 0.717) is 36.2 Å². The number of nitrogens with zero attached hydrogens (tertiary/aromatic N) is 3. The van der Waals surface area contributed by atoms with Gasteiger partial charge < -0.3 is 9.64 Å². The van der Waals surface area contributed by atoms with Gasteiger partial charge >= 0.3 is 10.1 Å². The monoisotopic (exact) mass is 405 g/mol. The molecule has 1 saturated heterocycles. The average Bonchev–Trinajstić information content (AvgIpc) is 2.58. The fourth-order valence-electron chi connectivity index (χ4n) is 1.85. The summed E-state index contributed by atoms with van der Waals surface area (Å²) in [5, 5.41) is 14.6. The van der Waals surface area contributed by atoms with Crippen LogP contribution in [0.4, 0.5) is 5.69 Å². The number of benzene rings is 1. The minimum atomic E-state index is -3.80. The number of thiocarbonyl (C=S) groups is 1. The third kappa shape index (κ3) is 6.23. The van der Waals surface area contributed by atoms with Crippen LogP contribution in [0.5, 0.6) is 0 Å². The molecule has 0 atom stereocenters. The Labute approximate surface area is 154 Å². The van der Waals surface area contributed by atoms with Crippen molar-refractivity contribution in [3.8, 4) is 0 Å². The largest absolute Gasteiger partial charge is 0.378 e. The Morgan fingerprint density at radius 2 is 1.96 bits per heavy atom. The molecule has 0 amide bonds. The highest BCUT2D eigenvalue weighted by atomic mass is 32.2. The smallest absolute Gasteiger partial charge is 0.325 e. The average molecular weight is 405 g/mol. The van der Waals surface area contributed by atoms with Crippen LogP contribution in [0.2, 0.25) is 0 Å². The summed E-state index contributed by atoms with van der Waals surface area (Å²) in [6.07, 6.45) is 0.870. The zero-order valence-corrected chi connectivity index (χ0v) is 15.6. The predicted octanol–water partition coefficient (Wildman–Crippen LogP) is 1.58. The zero-order chi connectivity index (χ0) is 18.4. The van der Waals surface area contributed by atoms with Gasteiger partial charge in [-0.3, -0.25) is 14.4 Å². The van der Waals surface area contributed by atoms with E-state index in [2.05, 4.69) is 9.44 Å². The highest BCUT2D eigenvalue weighted by molar-refractivity contribution is 8.33. The van der Waals surface area contributed by atoms with E-state index in [1.54, 1.807) is 0 Å². The summed E-state index contributed by atoms with van der Waals surface area (Å²) in [6, 6.07) is 5.50. The first-order chi connectivity index (χ1) is 11.8. The summed E-state index contributed by atoms with van der Waals surface area (Å²) in [5.74, 6) is 0. The lowest BCUT2D eigenvalue weighted by Crippen LogP contribution is -2.39. The van der Waals surface area contributed by atoms with Crippen molar-refractivity contribution in [2.24, 2.45) is 5.16 Å². The second-order valence-electron chi connectivity index (χ2n) is 4.95. The molecule has 136 valence electrons. The molecule has 0 saturated carbocycles. The van der Waals surface area contributed by atoms with E-state index in [1.165, 1.54) is 24.3 Å². The molecule has 1 aromatic rings. The van der Waals surface area contributed by atoms with Crippen molar-refractivity contribution in [3.05, 3.63) is 39.9 Å². The summed E-state index contributed by atoms with van der Waals surface area (Å²) in [5.41, 5.74) is 0.364.